The number of hydrogen-bond acceptors (Lipinski definition) is 5. The summed E-state index contributed by atoms with van der Waals surface area (Å²) in [4.78, 5) is 23.2. The van der Waals surface area contributed by atoms with Crippen LogP contribution < -0.4 is 10.1 Å². The first kappa shape index (κ1) is 14.6. The van der Waals surface area contributed by atoms with Crippen molar-refractivity contribution in [1.29, 1.82) is 5.26 Å². The number of benzene rings is 1. The Labute approximate surface area is 124 Å². The molecule has 2 N–H and O–H groups in total. The molecule has 7 heteroatoms. The zero-order valence-corrected chi connectivity index (χ0v) is 11.7. The van der Waals surface area contributed by atoms with Crippen LogP contribution in [0, 0.1) is 11.3 Å². The van der Waals surface area contributed by atoms with Crippen LogP contribution in [0.25, 0.3) is 0 Å². The van der Waals surface area contributed by atoms with Crippen LogP contribution in [0.15, 0.2) is 30.3 Å². The highest BCUT2D eigenvalue weighted by atomic mass is 32.1. The van der Waals surface area contributed by atoms with E-state index < -0.39 is 11.9 Å². The average molecular weight is 302 g/mol. The summed E-state index contributed by atoms with van der Waals surface area (Å²) in [5.41, 5.74) is 0.524. The van der Waals surface area contributed by atoms with Crippen molar-refractivity contribution >= 4 is 28.9 Å². The number of hydrogen-bond donors (Lipinski definition) is 2. The van der Waals surface area contributed by atoms with Gasteiger partial charge in [-0.05, 0) is 24.3 Å². The van der Waals surface area contributed by atoms with E-state index in [0.717, 1.165) is 11.3 Å². The molecule has 0 spiro atoms. The van der Waals surface area contributed by atoms with Gasteiger partial charge < -0.3 is 15.2 Å². The second-order valence-electron chi connectivity index (χ2n) is 3.92. The fourth-order valence-corrected chi connectivity index (χ4v) is 2.41. The number of nitrogens with zero attached hydrogens (tertiary/aromatic N) is 1. The number of carbonyl (C=O) groups is 2. The summed E-state index contributed by atoms with van der Waals surface area (Å²) in [6, 6.07) is 9.55. The molecular weight excluding hydrogens is 292 g/mol. The van der Waals surface area contributed by atoms with E-state index in [2.05, 4.69) is 5.32 Å². The van der Waals surface area contributed by atoms with Gasteiger partial charge in [-0.2, -0.15) is 5.26 Å². The lowest BCUT2D eigenvalue weighted by atomic mass is 10.1. The SMILES string of the molecule is COc1cccc(C#N)c1NC(=O)c1ccc(C(=O)O)s1. The number of amides is 1. The number of rotatable bonds is 4. The summed E-state index contributed by atoms with van der Waals surface area (Å²) in [6.07, 6.45) is 0. The fraction of sp³-hybridized carbons (Fsp3) is 0.0714. The fourth-order valence-electron chi connectivity index (χ4n) is 1.67. The van der Waals surface area contributed by atoms with E-state index in [-0.39, 0.29) is 21.0 Å². The monoisotopic (exact) mass is 302 g/mol. The van der Waals surface area contributed by atoms with Crippen LogP contribution in [-0.2, 0) is 0 Å². The Balaban J connectivity index is 2.31. The third kappa shape index (κ3) is 3.01. The Bertz CT molecular complexity index is 746. The maximum atomic E-state index is 12.1. The number of ether oxygens (including phenoxy) is 1. The first-order valence-electron chi connectivity index (χ1n) is 5.78. The summed E-state index contributed by atoms with van der Waals surface area (Å²) in [6.45, 7) is 0. The smallest absolute Gasteiger partial charge is 0.345 e. The molecule has 0 fully saturated rings. The van der Waals surface area contributed by atoms with Crippen molar-refractivity contribution in [2.24, 2.45) is 0 Å². The lowest BCUT2D eigenvalue weighted by Gasteiger charge is -2.10. The van der Waals surface area contributed by atoms with Crippen LogP contribution in [0.5, 0.6) is 5.75 Å². The van der Waals surface area contributed by atoms with Crippen LogP contribution in [0.1, 0.15) is 24.9 Å². The molecule has 0 saturated heterocycles. The van der Waals surface area contributed by atoms with Crippen LogP contribution in [-0.4, -0.2) is 24.1 Å². The lowest BCUT2D eigenvalue weighted by Crippen LogP contribution is -2.12. The van der Waals surface area contributed by atoms with Gasteiger partial charge in [-0.15, -0.1) is 11.3 Å². The van der Waals surface area contributed by atoms with E-state index in [0.29, 0.717) is 5.75 Å². The molecule has 1 aromatic carbocycles. The number of nitrogens with one attached hydrogen (secondary N) is 1. The summed E-state index contributed by atoms with van der Waals surface area (Å²) in [5, 5.41) is 20.5. The van der Waals surface area contributed by atoms with Gasteiger partial charge in [0, 0.05) is 0 Å². The maximum Gasteiger partial charge on any atom is 0.345 e. The largest absolute Gasteiger partial charge is 0.495 e. The molecule has 0 aliphatic carbocycles. The van der Waals surface area contributed by atoms with Crippen LogP contribution in [0.3, 0.4) is 0 Å². The van der Waals surface area contributed by atoms with E-state index in [9.17, 15) is 9.59 Å². The van der Waals surface area contributed by atoms with E-state index in [1.165, 1.54) is 19.2 Å². The topological polar surface area (TPSA) is 99.4 Å². The minimum atomic E-state index is -1.09. The number of methoxy groups -OCH3 is 1. The van der Waals surface area contributed by atoms with E-state index in [1.807, 2.05) is 6.07 Å². The van der Waals surface area contributed by atoms with Crippen LogP contribution in [0.4, 0.5) is 5.69 Å². The van der Waals surface area contributed by atoms with Gasteiger partial charge in [0.2, 0.25) is 0 Å². The molecule has 2 aromatic rings. The van der Waals surface area contributed by atoms with Crippen LogP contribution in [0.2, 0.25) is 0 Å². The molecule has 1 heterocycles. The van der Waals surface area contributed by atoms with Crippen molar-refractivity contribution in [2.45, 2.75) is 0 Å². The minimum Gasteiger partial charge on any atom is -0.495 e. The first-order valence-corrected chi connectivity index (χ1v) is 6.60. The predicted octanol–water partition coefficient (Wildman–Crippen LogP) is 2.58. The molecule has 0 aliphatic heterocycles. The molecule has 0 radical (unpaired) electrons. The molecular formula is C14H10N2O4S. The number of carbonyl (C=O) groups excluding carboxylic acids is 1. The Kier molecular flexibility index (Phi) is 4.21. The Morgan fingerprint density at radius 2 is 2.00 bits per heavy atom. The second-order valence-corrected chi connectivity index (χ2v) is 5.00. The molecule has 6 nitrogen and oxygen atoms in total. The number of aromatic carboxylic acids is 1. The third-order valence-electron chi connectivity index (χ3n) is 2.65. The van der Waals surface area contributed by atoms with Gasteiger partial charge in [0.25, 0.3) is 5.91 Å². The van der Waals surface area contributed by atoms with Crippen molar-refractivity contribution in [1.82, 2.24) is 0 Å². The van der Waals surface area contributed by atoms with Crippen molar-refractivity contribution < 1.29 is 19.4 Å². The Morgan fingerprint density at radius 3 is 2.57 bits per heavy atom. The zero-order chi connectivity index (χ0) is 15.4. The Hall–Kier alpha value is -2.85. The molecule has 0 aliphatic rings. The molecule has 106 valence electrons. The molecule has 0 bridgehead atoms. The standard InChI is InChI=1S/C14H10N2O4S/c1-20-9-4-2-3-8(7-15)12(9)16-13(17)10-5-6-11(21-10)14(18)19/h2-6H,1H3,(H,16,17)(H,18,19). The number of anilines is 1. The number of nitriles is 1. The highest BCUT2D eigenvalue weighted by Gasteiger charge is 2.16. The highest BCUT2D eigenvalue weighted by molar-refractivity contribution is 7.15. The quantitative estimate of drug-likeness (QED) is 0.904. The van der Waals surface area contributed by atoms with Gasteiger partial charge in [0.1, 0.15) is 22.4 Å². The molecule has 2 rings (SSSR count). The van der Waals surface area contributed by atoms with Gasteiger partial charge in [-0.25, -0.2) is 4.79 Å². The summed E-state index contributed by atoms with van der Waals surface area (Å²) < 4.78 is 5.11. The summed E-state index contributed by atoms with van der Waals surface area (Å²) in [7, 11) is 1.43. The summed E-state index contributed by atoms with van der Waals surface area (Å²) >= 11 is 0.860. The molecule has 21 heavy (non-hydrogen) atoms. The van der Waals surface area contributed by atoms with Gasteiger partial charge in [0.15, 0.2) is 0 Å². The summed E-state index contributed by atoms with van der Waals surface area (Å²) in [5.74, 6) is -1.22. The molecule has 0 saturated carbocycles. The molecule has 0 atom stereocenters. The second kappa shape index (κ2) is 6.07. The highest BCUT2D eigenvalue weighted by Crippen LogP contribution is 2.29. The van der Waals surface area contributed by atoms with E-state index >= 15 is 0 Å². The minimum absolute atomic E-state index is 0.0701. The average Bonchev–Trinajstić information content (AvgIpc) is 2.97. The van der Waals surface area contributed by atoms with Crippen molar-refractivity contribution in [3.63, 3.8) is 0 Å². The van der Waals surface area contributed by atoms with Gasteiger partial charge in [0.05, 0.1) is 17.6 Å². The van der Waals surface area contributed by atoms with Gasteiger partial charge in [-0.1, -0.05) is 6.07 Å². The molecule has 0 unspecified atom stereocenters. The molecule has 1 aromatic heterocycles. The zero-order valence-electron chi connectivity index (χ0n) is 10.9. The lowest BCUT2D eigenvalue weighted by molar-refractivity contribution is 0.0702. The van der Waals surface area contributed by atoms with Crippen molar-refractivity contribution in [3.05, 3.63) is 45.6 Å². The number of carboxylic acids is 1. The third-order valence-corrected chi connectivity index (χ3v) is 3.72. The number of thiophene rings is 1. The van der Waals surface area contributed by atoms with Crippen molar-refractivity contribution in [3.8, 4) is 11.8 Å². The number of para-hydroxylation sites is 1. The van der Waals surface area contributed by atoms with Crippen molar-refractivity contribution in [2.75, 3.05) is 12.4 Å². The number of carboxylic acid groups (broad SMARTS) is 1. The van der Waals surface area contributed by atoms with E-state index in [4.69, 9.17) is 15.1 Å². The molecule has 1 amide bonds. The Morgan fingerprint density at radius 1 is 1.29 bits per heavy atom. The first-order chi connectivity index (χ1) is 10.1. The predicted molar refractivity (Wildman–Crippen MR) is 76.9 cm³/mol. The maximum absolute atomic E-state index is 12.1. The van der Waals surface area contributed by atoms with E-state index in [1.54, 1.807) is 18.2 Å². The van der Waals surface area contributed by atoms with Gasteiger partial charge in [-0.3, -0.25) is 4.79 Å². The van der Waals surface area contributed by atoms with Gasteiger partial charge >= 0.3 is 5.97 Å². The normalized spacial score (nSPS) is 9.71. The van der Waals surface area contributed by atoms with Crippen LogP contribution >= 0.6 is 11.3 Å².